The lowest BCUT2D eigenvalue weighted by Gasteiger charge is -2.33. The lowest BCUT2D eigenvalue weighted by molar-refractivity contribution is -0.144. The van der Waals surface area contributed by atoms with Crippen molar-refractivity contribution in [1.82, 2.24) is 15.5 Å². The van der Waals surface area contributed by atoms with Crippen LogP contribution in [0, 0.1) is 12.3 Å². The van der Waals surface area contributed by atoms with Crippen LogP contribution in [0.1, 0.15) is 37.9 Å². The Labute approximate surface area is 205 Å². The molecule has 0 saturated heterocycles. The number of amides is 3. The molecule has 2 N–H and O–H groups in total. The molecule has 9 nitrogen and oxygen atoms in total. The van der Waals surface area contributed by atoms with Crippen LogP contribution in [0.5, 0.6) is 0 Å². The average molecular weight is 490 g/mol. The Bertz CT molecular complexity index is 951. The fourth-order valence-electron chi connectivity index (χ4n) is 2.94. The summed E-state index contributed by atoms with van der Waals surface area (Å²) in [5, 5.41) is 4.95. The molecule has 184 valence electrons. The van der Waals surface area contributed by atoms with Crippen LogP contribution in [0.3, 0.4) is 0 Å². The highest BCUT2D eigenvalue weighted by Crippen LogP contribution is 2.25. The maximum Gasteiger partial charge on any atom is 0.408 e. The van der Waals surface area contributed by atoms with Crippen LogP contribution < -0.4 is 10.6 Å². The van der Waals surface area contributed by atoms with Crippen LogP contribution in [0.2, 0.25) is 0 Å². The van der Waals surface area contributed by atoms with E-state index < -0.39 is 48.1 Å². The summed E-state index contributed by atoms with van der Waals surface area (Å²) >= 11 is 4.19. The minimum Gasteiger partial charge on any atom is -0.468 e. The third-order valence-corrected chi connectivity index (χ3v) is 4.75. The number of hydrogen-bond acceptors (Lipinski definition) is 7. The van der Waals surface area contributed by atoms with E-state index in [2.05, 4.69) is 40.5 Å². The molecule has 0 aromatic heterocycles. The highest BCUT2D eigenvalue weighted by molar-refractivity contribution is 7.80. The van der Waals surface area contributed by atoms with Crippen LogP contribution in [0.25, 0.3) is 0 Å². The van der Waals surface area contributed by atoms with Gasteiger partial charge in [0.1, 0.15) is 24.2 Å². The number of carbonyl (C=O) groups is 4. The molecule has 0 fully saturated rings. The number of esters is 1. The molecular weight excluding hydrogens is 458 g/mol. The van der Waals surface area contributed by atoms with Gasteiger partial charge in [0.25, 0.3) is 0 Å². The van der Waals surface area contributed by atoms with E-state index in [-0.39, 0.29) is 12.3 Å². The molecule has 10 heteroatoms. The van der Waals surface area contributed by atoms with E-state index in [4.69, 9.17) is 11.2 Å². The first-order chi connectivity index (χ1) is 16.0. The Morgan fingerprint density at radius 1 is 1.26 bits per heavy atom. The number of nitrogens with zero attached hydrogens (tertiary/aromatic N) is 1. The summed E-state index contributed by atoms with van der Waals surface area (Å²) in [5.74, 6) is 0.478. The summed E-state index contributed by atoms with van der Waals surface area (Å²) < 4.78 is 9.81. The lowest BCUT2D eigenvalue weighted by atomic mass is 9.97. The minimum absolute atomic E-state index is 0.0612. The van der Waals surface area contributed by atoms with Crippen molar-refractivity contribution in [2.45, 2.75) is 38.5 Å². The van der Waals surface area contributed by atoms with Crippen LogP contribution in [0.15, 0.2) is 36.9 Å². The molecule has 1 rings (SSSR count). The van der Waals surface area contributed by atoms with Crippen LogP contribution in [0.4, 0.5) is 4.79 Å². The van der Waals surface area contributed by atoms with E-state index in [1.165, 1.54) is 18.1 Å². The van der Waals surface area contributed by atoms with E-state index in [0.717, 1.165) is 0 Å². The van der Waals surface area contributed by atoms with Gasteiger partial charge in [0.2, 0.25) is 11.8 Å². The largest absolute Gasteiger partial charge is 0.468 e. The van der Waals surface area contributed by atoms with Crippen LogP contribution >= 0.6 is 12.6 Å². The van der Waals surface area contributed by atoms with Gasteiger partial charge in [-0.1, -0.05) is 30.2 Å². The number of nitrogens with one attached hydrogen (secondary N) is 2. The minimum atomic E-state index is -1.23. The summed E-state index contributed by atoms with van der Waals surface area (Å²) in [4.78, 5) is 51.8. The SMILES string of the molecule is C#Cc1ccccc1C(C(=O)NCC(=O)OC)N(CC=C)C(=O)C(CS)NC(=O)OC(C)(C)C. The zero-order valence-corrected chi connectivity index (χ0v) is 20.7. The van der Waals surface area contributed by atoms with Gasteiger partial charge in [-0.2, -0.15) is 12.6 Å². The second kappa shape index (κ2) is 13.3. The number of hydrogen-bond donors (Lipinski definition) is 3. The van der Waals surface area contributed by atoms with Gasteiger partial charge in [-0.05, 0) is 32.4 Å². The summed E-state index contributed by atoms with van der Waals surface area (Å²) in [7, 11) is 1.19. The molecule has 0 spiro atoms. The van der Waals surface area contributed by atoms with Crippen LogP contribution in [-0.4, -0.2) is 66.4 Å². The van der Waals surface area contributed by atoms with Gasteiger partial charge < -0.3 is 25.0 Å². The molecule has 0 aliphatic rings. The number of rotatable bonds is 10. The number of methoxy groups -OCH3 is 1. The zero-order chi connectivity index (χ0) is 25.9. The summed E-state index contributed by atoms with van der Waals surface area (Å²) in [6.45, 7) is 8.26. The Morgan fingerprint density at radius 3 is 2.44 bits per heavy atom. The van der Waals surface area contributed by atoms with Crippen LogP contribution in [-0.2, 0) is 23.9 Å². The topological polar surface area (TPSA) is 114 Å². The molecule has 0 heterocycles. The number of carbonyl (C=O) groups excluding carboxylic acids is 4. The van der Waals surface area contributed by atoms with E-state index in [0.29, 0.717) is 11.1 Å². The predicted octanol–water partition coefficient (Wildman–Crippen LogP) is 1.84. The number of ether oxygens (including phenoxy) is 2. The summed E-state index contributed by atoms with van der Waals surface area (Å²) in [6.07, 6.45) is 6.25. The number of terminal acetylenes is 1. The fraction of sp³-hybridized carbons (Fsp3) is 0.417. The van der Waals surface area contributed by atoms with Gasteiger partial charge in [0.05, 0.1) is 7.11 Å². The Hall–Kier alpha value is -3.45. The molecule has 1 aromatic carbocycles. The molecule has 2 unspecified atom stereocenters. The normalized spacial score (nSPS) is 12.4. The zero-order valence-electron chi connectivity index (χ0n) is 19.8. The first-order valence-corrected chi connectivity index (χ1v) is 11.0. The number of benzene rings is 1. The van der Waals surface area contributed by atoms with E-state index >= 15 is 0 Å². The first-order valence-electron chi connectivity index (χ1n) is 10.4. The third kappa shape index (κ3) is 8.48. The fourth-order valence-corrected chi connectivity index (χ4v) is 3.19. The second-order valence-corrected chi connectivity index (χ2v) is 8.45. The maximum atomic E-state index is 13.5. The van der Waals surface area contributed by atoms with Crippen molar-refractivity contribution >= 4 is 36.5 Å². The predicted molar refractivity (Wildman–Crippen MR) is 131 cm³/mol. The molecule has 0 bridgehead atoms. The smallest absolute Gasteiger partial charge is 0.408 e. The van der Waals surface area contributed by atoms with E-state index in [9.17, 15) is 19.2 Å². The lowest BCUT2D eigenvalue weighted by Crippen LogP contribution is -2.54. The maximum absolute atomic E-state index is 13.5. The number of alkyl carbamates (subject to hydrolysis) is 1. The van der Waals surface area contributed by atoms with Gasteiger partial charge in [-0.15, -0.1) is 13.0 Å². The van der Waals surface area contributed by atoms with Crippen molar-refractivity contribution in [1.29, 1.82) is 0 Å². The monoisotopic (exact) mass is 489 g/mol. The summed E-state index contributed by atoms with van der Waals surface area (Å²) in [5.41, 5.74) is -0.0419. The van der Waals surface area contributed by atoms with E-state index in [1.54, 1.807) is 45.0 Å². The molecule has 3 amide bonds. The molecule has 0 radical (unpaired) electrons. The molecule has 2 atom stereocenters. The highest BCUT2D eigenvalue weighted by Gasteiger charge is 2.36. The van der Waals surface area contributed by atoms with Crippen molar-refractivity contribution in [3.8, 4) is 12.3 Å². The quantitative estimate of drug-likeness (QED) is 0.200. The third-order valence-electron chi connectivity index (χ3n) is 4.39. The van der Waals surface area contributed by atoms with Crippen molar-refractivity contribution in [3.63, 3.8) is 0 Å². The Kier molecular flexibility index (Phi) is 11.2. The van der Waals surface area contributed by atoms with Crippen molar-refractivity contribution in [3.05, 3.63) is 48.0 Å². The van der Waals surface area contributed by atoms with Gasteiger partial charge in [-0.25, -0.2) is 4.79 Å². The Balaban J connectivity index is 3.41. The molecule has 0 aliphatic heterocycles. The molecule has 0 saturated carbocycles. The van der Waals surface area contributed by atoms with E-state index in [1.807, 2.05) is 0 Å². The molecular formula is C24H31N3O6S. The van der Waals surface area contributed by atoms with Gasteiger partial charge in [0, 0.05) is 17.9 Å². The standard InChI is InChI=1S/C24H31N3O6S/c1-7-13-27(22(30)18(15-34)26-23(31)33-24(3,4)5)20(21(29)25-14-19(28)32-6)17-12-10-9-11-16(17)8-2/h2,7,9-12,18,20,34H,1,13-15H2,3-6H3,(H,25,29)(H,26,31). The second-order valence-electron chi connectivity index (χ2n) is 8.09. The molecule has 0 aliphatic carbocycles. The summed E-state index contributed by atoms with van der Waals surface area (Å²) in [6, 6.07) is 4.25. The van der Waals surface area contributed by atoms with Crippen molar-refractivity contribution in [2.24, 2.45) is 0 Å². The molecule has 34 heavy (non-hydrogen) atoms. The van der Waals surface area contributed by atoms with Crippen molar-refractivity contribution in [2.75, 3.05) is 26.0 Å². The highest BCUT2D eigenvalue weighted by atomic mass is 32.1. The Morgan fingerprint density at radius 2 is 1.91 bits per heavy atom. The van der Waals surface area contributed by atoms with Crippen molar-refractivity contribution < 1.29 is 28.7 Å². The number of thiol groups is 1. The molecule has 1 aromatic rings. The van der Waals surface area contributed by atoms with Gasteiger partial charge >= 0.3 is 12.1 Å². The first kappa shape index (κ1) is 28.6. The average Bonchev–Trinajstić information content (AvgIpc) is 2.79. The van der Waals surface area contributed by atoms with Gasteiger partial charge in [0.15, 0.2) is 0 Å². The van der Waals surface area contributed by atoms with Gasteiger partial charge in [-0.3, -0.25) is 14.4 Å².